The normalized spacial score (nSPS) is 15.3. The van der Waals surface area contributed by atoms with E-state index in [9.17, 15) is 24.5 Å². The van der Waals surface area contributed by atoms with Crippen molar-refractivity contribution in [2.45, 2.75) is 0 Å². The minimum absolute atomic E-state index is 0.00981. The maximum Gasteiger partial charge on any atom is 0.293 e. The molecule has 144 valence electrons. The van der Waals surface area contributed by atoms with Crippen molar-refractivity contribution in [1.82, 2.24) is 10.2 Å². The number of furan rings is 1. The number of imide groups is 1. The molecule has 0 radical (unpaired) electrons. The van der Waals surface area contributed by atoms with Gasteiger partial charge in [-0.05, 0) is 63.6 Å². The Hall–Kier alpha value is -2.92. The molecule has 11 heteroatoms. The van der Waals surface area contributed by atoms with Crippen LogP contribution in [0.3, 0.4) is 0 Å². The van der Waals surface area contributed by atoms with Crippen LogP contribution in [0.2, 0.25) is 0 Å². The van der Waals surface area contributed by atoms with Gasteiger partial charge in [0.05, 0.1) is 9.83 Å². The summed E-state index contributed by atoms with van der Waals surface area (Å²) in [4.78, 5) is 47.8. The Labute approximate surface area is 171 Å². The van der Waals surface area contributed by atoms with E-state index < -0.39 is 22.0 Å². The molecule has 1 aromatic heterocycles. The predicted molar refractivity (Wildman–Crippen MR) is 105 cm³/mol. The number of amides is 3. The molecule has 1 aliphatic rings. The highest BCUT2D eigenvalue weighted by Crippen LogP contribution is 2.32. The van der Waals surface area contributed by atoms with Crippen molar-refractivity contribution < 1.29 is 23.7 Å². The Morgan fingerprint density at radius 3 is 2.57 bits per heavy atom. The molecular weight excluding hydrogens is 454 g/mol. The van der Waals surface area contributed by atoms with Gasteiger partial charge in [-0.2, -0.15) is 0 Å². The lowest BCUT2D eigenvalue weighted by Gasteiger charge is -2.12. The van der Waals surface area contributed by atoms with E-state index in [1.807, 2.05) is 0 Å². The van der Waals surface area contributed by atoms with Crippen LogP contribution in [0, 0.1) is 10.1 Å². The Bertz CT molecular complexity index is 985. The van der Waals surface area contributed by atoms with Crippen LogP contribution in [-0.2, 0) is 4.79 Å². The number of carbonyl (C=O) groups is 3. The first-order chi connectivity index (χ1) is 13.3. The zero-order valence-electron chi connectivity index (χ0n) is 14.1. The molecule has 1 N–H and O–H groups in total. The van der Waals surface area contributed by atoms with Crippen LogP contribution in [-0.4, -0.2) is 40.0 Å². The molecular formula is C17H12BrN3O6S. The number of nitrogens with one attached hydrogen (secondary N) is 1. The van der Waals surface area contributed by atoms with Crippen LogP contribution in [0.5, 0.6) is 0 Å². The summed E-state index contributed by atoms with van der Waals surface area (Å²) >= 11 is 3.87. The van der Waals surface area contributed by atoms with Crippen LogP contribution in [0.4, 0.5) is 10.5 Å². The summed E-state index contributed by atoms with van der Waals surface area (Å²) in [5.41, 5.74) is 0.498. The molecule has 2 heterocycles. The lowest BCUT2D eigenvalue weighted by molar-refractivity contribution is -0.384. The number of hydrogen-bond donors (Lipinski definition) is 1. The first-order valence-electron chi connectivity index (χ1n) is 7.88. The van der Waals surface area contributed by atoms with Gasteiger partial charge in [-0.1, -0.05) is 0 Å². The van der Waals surface area contributed by atoms with E-state index in [2.05, 4.69) is 21.2 Å². The predicted octanol–water partition coefficient (Wildman–Crippen LogP) is 3.42. The third kappa shape index (κ3) is 4.49. The second-order valence-corrected chi connectivity index (χ2v) is 7.32. The number of nitro groups is 1. The van der Waals surface area contributed by atoms with Crippen molar-refractivity contribution in [1.29, 1.82) is 0 Å². The lowest BCUT2D eigenvalue weighted by atomic mass is 10.2. The summed E-state index contributed by atoms with van der Waals surface area (Å²) in [6.45, 7) is 0.0793. The molecule has 1 aliphatic heterocycles. The summed E-state index contributed by atoms with van der Waals surface area (Å²) in [5.74, 6) is -0.832. The molecule has 0 saturated carbocycles. The van der Waals surface area contributed by atoms with E-state index >= 15 is 0 Å². The highest BCUT2D eigenvalue weighted by Gasteiger charge is 2.34. The molecule has 1 fully saturated rings. The van der Waals surface area contributed by atoms with Crippen molar-refractivity contribution in [2.24, 2.45) is 0 Å². The van der Waals surface area contributed by atoms with Gasteiger partial charge < -0.3 is 9.73 Å². The van der Waals surface area contributed by atoms with Crippen LogP contribution in [0.15, 0.2) is 50.4 Å². The Kier molecular flexibility index (Phi) is 5.95. The molecule has 28 heavy (non-hydrogen) atoms. The van der Waals surface area contributed by atoms with Crippen LogP contribution >= 0.6 is 27.7 Å². The average molecular weight is 466 g/mol. The largest absolute Gasteiger partial charge is 0.444 e. The molecule has 1 aromatic carbocycles. The van der Waals surface area contributed by atoms with Crippen LogP contribution in [0.25, 0.3) is 6.08 Å². The smallest absolute Gasteiger partial charge is 0.293 e. The summed E-state index contributed by atoms with van der Waals surface area (Å²) in [7, 11) is 0. The summed E-state index contributed by atoms with van der Waals surface area (Å²) in [6.07, 6.45) is 1.49. The van der Waals surface area contributed by atoms with Crippen LogP contribution < -0.4 is 5.32 Å². The van der Waals surface area contributed by atoms with Gasteiger partial charge in [-0.15, -0.1) is 0 Å². The fourth-order valence-corrected chi connectivity index (χ4v) is 3.51. The summed E-state index contributed by atoms with van der Waals surface area (Å²) < 4.78 is 5.54. The van der Waals surface area contributed by atoms with Crippen LogP contribution in [0.1, 0.15) is 16.1 Å². The van der Waals surface area contributed by atoms with Crippen molar-refractivity contribution in [3.8, 4) is 0 Å². The van der Waals surface area contributed by atoms with Gasteiger partial charge in [0.1, 0.15) is 0 Å². The van der Waals surface area contributed by atoms with Gasteiger partial charge in [-0.25, -0.2) is 0 Å². The molecule has 0 bridgehead atoms. The lowest BCUT2D eigenvalue weighted by Crippen LogP contribution is -2.37. The van der Waals surface area contributed by atoms with E-state index in [0.717, 1.165) is 16.7 Å². The van der Waals surface area contributed by atoms with Crippen molar-refractivity contribution >= 4 is 56.5 Å². The highest BCUT2D eigenvalue weighted by molar-refractivity contribution is 9.10. The maximum atomic E-state index is 12.4. The number of halogens is 1. The number of thioether (sulfide) groups is 1. The molecule has 0 atom stereocenters. The topological polar surface area (TPSA) is 123 Å². The molecule has 1 saturated heterocycles. The Morgan fingerprint density at radius 2 is 1.96 bits per heavy atom. The quantitative estimate of drug-likeness (QED) is 0.393. The SMILES string of the molecule is O=C(NCCN1C(=O)S/C(=C/c2ccc([N+](=O)[O-])cc2)C1=O)c1ccc(Br)o1. The van der Waals surface area contributed by atoms with Crippen molar-refractivity contribution in [3.63, 3.8) is 0 Å². The number of nitro benzene ring substituents is 1. The average Bonchev–Trinajstić information content (AvgIpc) is 3.20. The van der Waals surface area contributed by atoms with E-state index in [1.165, 1.54) is 36.4 Å². The molecule has 2 aromatic rings. The number of benzene rings is 1. The second kappa shape index (κ2) is 8.40. The van der Waals surface area contributed by atoms with Gasteiger partial charge in [0, 0.05) is 25.2 Å². The molecule has 0 unspecified atom stereocenters. The number of nitrogens with zero attached hydrogens (tertiary/aromatic N) is 2. The molecule has 3 rings (SSSR count). The fraction of sp³-hybridized carbons (Fsp3) is 0.118. The summed E-state index contributed by atoms with van der Waals surface area (Å²) in [6, 6.07) is 8.69. The molecule has 3 amide bonds. The number of carbonyl (C=O) groups excluding carboxylic acids is 3. The monoisotopic (exact) mass is 465 g/mol. The van der Waals surface area contributed by atoms with Crippen molar-refractivity contribution in [2.75, 3.05) is 13.1 Å². The minimum Gasteiger partial charge on any atom is -0.444 e. The number of non-ortho nitro benzene ring substituents is 1. The summed E-state index contributed by atoms with van der Waals surface area (Å²) in [5, 5.41) is 12.8. The first kappa shape index (κ1) is 19.8. The van der Waals surface area contributed by atoms with Gasteiger partial charge >= 0.3 is 0 Å². The van der Waals surface area contributed by atoms with E-state index in [4.69, 9.17) is 4.42 Å². The third-order valence-corrected chi connectivity index (χ3v) is 5.03. The number of hydrogen-bond acceptors (Lipinski definition) is 7. The Morgan fingerprint density at radius 1 is 1.25 bits per heavy atom. The highest BCUT2D eigenvalue weighted by atomic mass is 79.9. The van der Waals surface area contributed by atoms with Gasteiger partial charge in [0.25, 0.3) is 22.7 Å². The fourth-order valence-electron chi connectivity index (χ4n) is 2.34. The van der Waals surface area contributed by atoms with E-state index in [1.54, 1.807) is 6.07 Å². The van der Waals surface area contributed by atoms with Gasteiger partial charge in [0.2, 0.25) is 0 Å². The zero-order chi connectivity index (χ0) is 20.3. The van der Waals surface area contributed by atoms with E-state index in [-0.39, 0.29) is 29.4 Å². The first-order valence-corrected chi connectivity index (χ1v) is 9.49. The standard InChI is InChI=1S/C17H12BrN3O6S/c18-14-6-5-12(27-14)15(22)19-7-8-20-16(23)13(28-17(20)24)9-10-1-3-11(4-2-10)21(25)26/h1-6,9H,7-8H2,(H,19,22)/b13-9+. The van der Waals surface area contributed by atoms with Crippen molar-refractivity contribution in [3.05, 3.63) is 67.4 Å². The number of rotatable bonds is 6. The Balaban J connectivity index is 1.60. The zero-order valence-corrected chi connectivity index (χ0v) is 16.5. The second-order valence-electron chi connectivity index (χ2n) is 5.54. The third-order valence-electron chi connectivity index (χ3n) is 3.69. The maximum absolute atomic E-state index is 12.4. The molecule has 9 nitrogen and oxygen atoms in total. The minimum atomic E-state index is -0.520. The van der Waals surface area contributed by atoms with Gasteiger partial charge in [0.15, 0.2) is 10.4 Å². The molecule has 0 aliphatic carbocycles. The van der Waals surface area contributed by atoms with E-state index in [0.29, 0.717) is 10.2 Å². The van der Waals surface area contributed by atoms with Gasteiger partial charge in [-0.3, -0.25) is 29.4 Å². The molecule has 0 spiro atoms.